The third kappa shape index (κ3) is 4.13. The Morgan fingerprint density at radius 1 is 1.32 bits per heavy atom. The third-order valence-electron chi connectivity index (χ3n) is 3.46. The van der Waals surface area contributed by atoms with Crippen LogP contribution in [0.4, 0.5) is 0 Å². The van der Waals surface area contributed by atoms with Crippen molar-refractivity contribution < 1.29 is 9.53 Å². The van der Waals surface area contributed by atoms with Crippen LogP contribution in [0.3, 0.4) is 0 Å². The van der Waals surface area contributed by atoms with Crippen LogP contribution in [0.25, 0.3) is 0 Å². The lowest BCUT2D eigenvalue weighted by Gasteiger charge is -2.24. The molecule has 19 heavy (non-hydrogen) atoms. The molecular formula is C15H20ClNO2. The second-order valence-corrected chi connectivity index (χ2v) is 5.44. The summed E-state index contributed by atoms with van der Waals surface area (Å²) >= 11 is 6.01. The molecule has 1 unspecified atom stereocenters. The maximum Gasteiger partial charge on any atom is 0.260 e. The van der Waals surface area contributed by atoms with E-state index in [1.165, 1.54) is 19.3 Å². The fourth-order valence-electron chi connectivity index (χ4n) is 2.35. The van der Waals surface area contributed by atoms with Gasteiger partial charge in [0.1, 0.15) is 5.75 Å². The zero-order chi connectivity index (χ0) is 13.7. The van der Waals surface area contributed by atoms with E-state index in [1.807, 2.05) is 12.1 Å². The lowest BCUT2D eigenvalue weighted by Crippen LogP contribution is -2.43. The molecule has 3 nitrogen and oxygen atoms in total. The summed E-state index contributed by atoms with van der Waals surface area (Å²) in [6, 6.07) is 7.50. The van der Waals surface area contributed by atoms with Crippen LogP contribution in [0, 0.1) is 0 Å². The molecule has 0 spiro atoms. The lowest BCUT2D eigenvalue weighted by atomic mass is 9.95. The van der Waals surface area contributed by atoms with Crippen LogP contribution in [0.2, 0.25) is 5.02 Å². The molecule has 0 saturated heterocycles. The van der Waals surface area contributed by atoms with Crippen LogP contribution in [-0.2, 0) is 4.79 Å². The Morgan fingerprint density at radius 2 is 2.00 bits per heavy atom. The van der Waals surface area contributed by atoms with Gasteiger partial charge >= 0.3 is 0 Å². The highest BCUT2D eigenvalue weighted by molar-refractivity contribution is 6.32. The Labute approximate surface area is 119 Å². The van der Waals surface area contributed by atoms with Gasteiger partial charge in [0.2, 0.25) is 0 Å². The van der Waals surface area contributed by atoms with Crippen LogP contribution in [0.1, 0.15) is 39.0 Å². The highest BCUT2D eigenvalue weighted by Crippen LogP contribution is 2.24. The fraction of sp³-hybridized carbons (Fsp3) is 0.533. The molecule has 1 aromatic rings. The molecule has 1 N–H and O–H groups in total. The van der Waals surface area contributed by atoms with E-state index in [0.717, 1.165) is 12.8 Å². The average Bonchev–Trinajstić information content (AvgIpc) is 2.42. The van der Waals surface area contributed by atoms with Crippen LogP contribution in [-0.4, -0.2) is 18.1 Å². The summed E-state index contributed by atoms with van der Waals surface area (Å²) in [6.07, 6.45) is 5.30. The van der Waals surface area contributed by atoms with E-state index >= 15 is 0 Å². The second-order valence-electron chi connectivity index (χ2n) is 5.03. The molecule has 1 fully saturated rings. The van der Waals surface area contributed by atoms with E-state index in [0.29, 0.717) is 16.8 Å². The first-order valence-electron chi connectivity index (χ1n) is 6.88. The van der Waals surface area contributed by atoms with Gasteiger partial charge < -0.3 is 10.1 Å². The zero-order valence-corrected chi connectivity index (χ0v) is 12.0. The number of benzene rings is 1. The highest BCUT2D eigenvalue weighted by atomic mass is 35.5. The molecule has 1 amide bonds. The van der Waals surface area contributed by atoms with Crippen molar-refractivity contribution in [3.05, 3.63) is 29.3 Å². The summed E-state index contributed by atoms with van der Waals surface area (Å²) in [4.78, 5) is 12.0. The molecule has 1 saturated carbocycles. The van der Waals surface area contributed by atoms with Gasteiger partial charge in [-0.05, 0) is 31.9 Å². The number of halogens is 1. The molecule has 0 radical (unpaired) electrons. The molecule has 1 aliphatic carbocycles. The first-order valence-corrected chi connectivity index (χ1v) is 7.26. The van der Waals surface area contributed by atoms with E-state index < -0.39 is 6.10 Å². The number of nitrogens with one attached hydrogen (secondary N) is 1. The predicted molar refractivity (Wildman–Crippen MR) is 76.6 cm³/mol. The van der Waals surface area contributed by atoms with Gasteiger partial charge in [0.25, 0.3) is 5.91 Å². The van der Waals surface area contributed by atoms with Crippen LogP contribution in [0.15, 0.2) is 24.3 Å². The van der Waals surface area contributed by atoms with Gasteiger partial charge in [-0.2, -0.15) is 0 Å². The van der Waals surface area contributed by atoms with Crippen LogP contribution < -0.4 is 10.1 Å². The fourth-order valence-corrected chi connectivity index (χ4v) is 2.53. The Hall–Kier alpha value is -1.22. The molecule has 104 valence electrons. The summed E-state index contributed by atoms with van der Waals surface area (Å²) in [5.74, 6) is 0.488. The van der Waals surface area contributed by atoms with Gasteiger partial charge in [-0.15, -0.1) is 0 Å². The molecule has 1 atom stereocenters. The summed E-state index contributed by atoms with van der Waals surface area (Å²) < 4.78 is 5.60. The SMILES string of the molecule is CC(Oc1ccccc1Cl)C(=O)NC1CCCCC1. The van der Waals surface area contributed by atoms with Crippen molar-refractivity contribution >= 4 is 17.5 Å². The quantitative estimate of drug-likeness (QED) is 0.916. The Kier molecular flexibility index (Phi) is 5.08. The van der Waals surface area contributed by atoms with Gasteiger partial charge in [-0.25, -0.2) is 0 Å². The highest BCUT2D eigenvalue weighted by Gasteiger charge is 2.21. The number of carbonyl (C=O) groups excluding carboxylic acids is 1. The smallest absolute Gasteiger partial charge is 0.260 e. The molecule has 0 bridgehead atoms. The van der Waals surface area contributed by atoms with Crippen LogP contribution in [0.5, 0.6) is 5.75 Å². The van der Waals surface area contributed by atoms with E-state index in [-0.39, 0.29) is 5.91 Å². The standard InChI is InChI=1S/C15H20ClNO2/c1-11(19-14-10-6-5-9-13(14)16)15(18)17-12-7-3-2-4-8-12/h5-6,9-12H,2-4,7-8H2,1H3,(H,17,18). The topological polar surface area (TPSA) is 38.3 Å². The number of hydrogen-bond donors (Lipinski definition) is 1. The third-order valence-corrected chi connectivity index (χ3v) is 3.77. The molecule has 4 heteroatoms. The van der Waals surface area contributed by atoms with Gasteiger partial charge in [0, 0.05) is 6.04 Å². The van der Waals surface area contributed by atoms with Gasteiger partial charge in [0.15, 0.2) is 6.10 Å². The number of carbonyl (C=O) groups is 1. The van der Waals surface area contributed by atoms with Crippen molar-refractivity contribution in [1.29, 1.82) is 0 Å². The molecule has 0 heterocycles. The monoisotopic (exact) mass is 281 g/mol. The molecule has 0 aliphatic heterocycles. The summed E-state index contributed by atoms with van der Waals surface area (Å²) in [6.45, 7) is 1.75. The number of rotatable bonds is 4. The first kappa shape index (κ1) is 14.2. The number of amides is 1. The second kappa shape index (κ2) is 6.80. The zero-order valence-electron chi connectivity index (χ0n) is 11.2. The maximum atomic E-state index is 12.0. The van der Waals surface area contributed by atoms with E-state index in [2.05, 4.69) is 5.32 Å². The molecule has 1 aliphatic rings. The number of hydrogen-bond acceptors (Lipinski definition) is 2. The van der Waals surface area contributed by atoms with E-state index in [9.17, 15) is 4.79 Å². The van der Waals surface area contributed by atoms with Crippen LogP contribution >= 0.6 is 11.6 Å². The Morgan fingerprint density at radius 3 is 2.68 bits per heavy atom. The maximum absolute atomic E-state index is 12.0. The summed E-state index contributed by atoms with van der Waals surface area (Å²) in [7, 11) is 0. The van der Waals surface area contributed by atoms with Crippen molar-refractivity contribution in [1.82, 2.24) is 5.32 Å². The first-order chi connectivity index (χ1) is 9.16. The molecular weight excluding hydrogens is 262 g/mol. The number of para-hydroxylation sites is 1. The molecule has 2 rings (SSSR count). The minimum Gasteiger partial charge on any atom is -0.479 e. The van der Waals surface area contributed by atoms with Gasteiger partial charge in [0.05, 0.1) is 5.02 Å². The molecule has 0 aromatic heterocycles. The summed E-state index contributed by atoms with van der Waals surface area (Å²) in [5.41, 5.74) is 0. The predicted octanol–water partition coefficient (Wildman–Crippen LogP) is 3.56. The van der Waals surface area contributed by atoms with Gasteiger partial charge in [-0.3, -0.25) is 4.79 Å². The average molecular weight is 282 g/mol. The lowest BCUT2D eigenvalue weighted by molar-refractivity contribution is -0.128. The number of ether oxygens (including phenoxy) is 1. The van der Waals surface area contributed by atoms with Crippen molar-refractivity contribution in [2.75, 3.05) is 0 Å². The largest absolute Gasteiger partial charge is 0.479 e. The Balaban J connectivity index is 1.87. The van der Waals surface area contributed by atoms with Gasteiger partial charge in [-0.1, -0.05) is 43.0 Å². The van der Waals surface area contributed by atoms with Crippen molar-refractivity contribution in [2.45, 2.75) is 51.2 Å². The minimum absolute atomic E-state index is 0.0631. The van der Waals surface area contributed by atoms with Crippen molar-refractivity contribution in [2.24, 2.45) is 0 Å². The molecule has 1 aromatic carbocycles. The van der Waals surface area contributed by atoms with E-state index in [4.69, 9.17) is 16.3 Å². The Bertz CT molecular complexity index is 430. The van der Waals surface area contributed by atoms with Crippen molar-refractivity contribution in [3.8, 4) is 5.75 Å². The summed E-state index contributed by atoms with van der Waals surface area (Å²) in [5, 5.41) is 3.58. The van der Waals surface area contributed by atoms with E-state index in [1.54, 1.807) is 19.1 Å². The van der Waals surface area contributed by atoms with Crippen molar-refractivity contribution in [3.63, 3.8) is 0 Å². The minimum atomic E-state index is -0.526. The normalized spacial score (nSPS) is 17.8.